The van der Waals surface area contributed by atoms with Gasteiger partial charge in [-0.05, 0) is 56.5 Å². The SMILES string of the molecule is COc1ccc2nc(C)cc(C(=O)NCCCc3cn[nH]c3C)c2c1. The average Bonchev–Trinajstić information content (AvgIpc) is 3.02. The van der Waals surface area contributed by atoms with Crippen LogP contribution in [0.1, 0.15) is 33.7 Å². The van der Waals surface area contributed by atoms with Crippen molar-refractivity contribution in [3.8, 4) is 5.75 Å². The van der Waals surface area contributed by atoms with Gasteiger partial charge >= 0.3 is 0 Å². The normalized spacial score (nSPS) is 10.8. The first-order chi connectivity index (χ1) is 12.1. The van der Waals surface area contributed by atoms with Gasteiger partial charge in [0, 0.05) is 23.3 Å². The minimum atomic E-state index is -0.0901. The summed E-state index contributed by atoms with van der Waals surface area (Å²) in [4.78, 5) is 17.1. The maximum atomic E-state index is 12.6. The van der Waals surface area contributed by atoms with Crippen LogP contribution in [-0.2, 0) is 6.42 Å². The summed E-state index contributed by atoms with van der Waals surface area (Å²) in [6.07, 6.45) is 3.58. The number of hydrogen-bond donors (Lipinski definition) is 2. The summed E-state index contributed by atoms with van der Waals surface area (Å²) in [6, 6.07) is 7.40. The summed E-state index contributed by atoms with van der Waals surface area (Å²) in [5.74, 6) is 0.621. The fourth-order valence-corrected chi connectivity index (χ4v) is 2.86. The Balaban J connectivity index is 1.71. The number of carbonyl (C=O) groups is 1. The summed E-state index contributed by atoms with van der Waals surface area (Å²) >= 11 is 0. The molecule has 0 bridgehead atoms. The quantitative estimate of drug-likeness (QED) is 0.677. The van der Waals surface area contributed by atoms with Gasteiger partial charge in [0.15, 0.2) is 0 Å². The highest BCUT2D eigenvalue weighted by Gasteiger charge is 2.12. The lowest BCUT2D eigenvalue weighted by Gasteiger charge is -2.10. The molecule has 0 saturated heterocycles. The number of nitrogens with zero attached hydrogens (tertiary/aromatic N) is 2. The molecule has 0 aliphatic rings. The van der Waals surface area contributed by atoms with Gasteiger partial charge in [-0.15, -0.1) is 0 Å². The van der Waals surface area contributed by atoms with Crippen LogP contribution in [0.5, 0.6) is 5.75 Å². The number of aromatic nitrogens is 3. The summed E-state index contributed by atoms with van der Waals surface area (Å²) in [5, 5.41) is 10.7. The van der Waals surface area contributed by atoms with Gasteiger partial charge in [0.05, 0.1) is 24.4 Å². The van der Waals surface area contributed by atoms with E-state index in [1.807, 2.05) is 44.3 Å². The van der Waals surface area contributed by atoms with Gasteiger partial charge in [0.1, 0.15) is 5.75 Å². The smallest absolute Gasteiger partial charge is 0.252 e. The number of carbonyl (C=O) groups excluding carboxylic acids is 1. The Bertz CT molecular complexity index is 902. The second kappa shape index (κ2) is 7.34. The summed E-state index contributed by atoms with van der Waals surface area (Å²) < 4.78 is 5.27. The first-order valence-electron chi connectivity index (χ1n) is 8.31. The van der Waals surface area contributed by atoms with Crippen molar-refractivity contribution in [2.24, 2.45) is 0 Å². The number of methoxy groups -OCH3 is 1. The number of ether oxygens (including phenoxy) is 1. The van der Waals surface area contributed by atoms with Crippen molar-refractivity contribution in [1.29, 1.82) is 0 Å². The Labute approximate surface area is 146 Å². The van der Waals surface area contributed by atoms with Crippen molar-refractivity contribution in [3.63, 3.8) is 0 Å². The molecule has 0 saturated carbocycles. The molecular weight excluding hydrogens is 316 g/mol. The summed E-state index contributed by atoms with van der Waals surface area (Å²) in [5.41, 5.74) is 4.50. The second-order valence-electron chi connectivity index (χ2n) is 6.07. The van der Waals surface area contributed by atoms with E-state index in [0.29, 0.717) is 17.9 Å². The zero-order valence-electron chi connectivity index (χ0n) is 14.7. The molecule has 6 heteroatoms. The molecule has 2 N–H and O–H groups in total. The van der Waals surface area contributed by atoms with E-state index in [9.17, 15) is 4.79 Å². The Morgan fingerprint density at radius 2 is 2.12 bits per heavy atom. The van der Waals surface area contributed by atoms with Crippen LogP contribution >= 0.6 is 0 Å². The Hall–Kier alpha value is -2.89. The highest BCUT2D eigenvalue weighted by molar-refractivity contribution is 6.06. The van der Waals surface area contributed by atoms with Crippen LogP contribution in [0.3, 0.4) is 0 Å². The number of amides is 1. The molecular formula is C19H22N4O2. The minimum Gasteiger partial charge on any atom is -0.497 e. The van der Waals surface area contributed by atoms with Gasteiger partial charge in [-0.1, -0.05) is 0 Å². The highest BCUT2D eigenvalue weighted by Crippen LogP contribution is 2.23. The third kappa shape index (κ3) is 3.79. The number of benzene rings is 1. The van der Waals surface area contributed by atoms with E-state index in [1.165, 1.54) is 5.56 Å². The molecule has 2 aromatic heterocycles. The van der Waals surface area contributed by atoms with Crippen molar-refractivity contribution >= 4 is 16.8 Å². The molecule has 0 atom stereocenters. The first-order valence-corrected chi connectivity index (χ1v) is 8.31. The number of H-pyrrole nitrogens is 1. The van der Waals surface area contributed by atoms with Crippen molar-refractivity contribution in [2.75, 3.05) is 13.7 Å². The Morgan fingerprint density at radius 1 is 1.28 bits per heavy atom. The molecule has 1 amide bonds. The Morgan fingerprint density at radius 3 is 2.84 bits per heavy atom. The van der Waals surface area contributed by atoms with E-state index in [2.05, 4.69) is 20.5 Å². The third-order valence-electron chi connectivity index (χ3n) is 4.23. The predicted molar refractivity (Wildman–Crippen MR) is 97.0 cm³/mol. The van der Waals surface area contributed by atoms with Crippen LogP contribution in [-0.4, -0.2) is 34.7 Å². The van der Waals surface area contributed by atoms with Crippen LogP contribution in [0, 0.1) is 13.8 Å². The van der Waals surface area contributed by atoms with Crippen molar-refractivity contribution in [3.05, 3.63) is 53.0 Å². The van der Waals surface area contributed by atoms with Crippen LogP contribution in [0.4, 0.5) is 0 Å². The lowest BCUT2D eigenvalue weighted by molar-refractivity contribution is 0.0954. The van der Waals surface area contributed by atoms with E-state index in [0.717, 1.165) is 35.1 Å². The van der Waals surface area contributed by atoms with E-state index in [4.69, 9.17) is 4.74 Å². The molecule has 2 heterocycles. The van der Waals surface area contributed by atoms with Gasteiger partial charge in [-0.3, -0.25) is 14.9 Å². The number of aryl methyl sites for hydroxylation is 3. The molecule has 0 aliphatic heterocycles. The number of hydrogen-bond acceptors (Lipinski definition) is 4. The number of nitrogens with one attached hydrogen (secondary N) is 2. The van der Waals surface area contributed by atoms with Gasteiger partial charge < -0.3 is 10.1 Å². The lowest BCUT2D eigenvalue weighted by Crippen LogP contribution is -2.25. The zero-order chi connectivity index (χ0) is 17.8. The minimum absolute atomic E-state index is 0.0901. The van der Waals surface area contributed by atoms with Gasteiger partial charge in [0.2, 0.25) is 0 Å². The molecule has 0 radical (unpaired) electrons. The van der Waals surface area contributed by atoms with Gasteiger partial charge in [-0.25, -0.2) is 0 Å². The fraction of sp³-hybridized carbons (Fsp3) is 0.316. The summed E-state index contributed by atoms with van der Waals surface area (Å²) in [7, 11) is 1.61. The van der Waals surface area contributed by atoms with Crippen LogP contribution in [0.25, 0.3) is 10.9 Å². The second-order valence-corrected chi connectivity index (χ2v) is 6.07. The average molecular weight is 338 g/mol. The van der Waals surface area contributed by atoms with E-state index >= 15 is 0 Å². The molecule has 0 fully saturated rings. The highest BCUT2D eigenvalue weighted by atomic mass is 16.5. The largest absolute Gasteiger partial charge is 0.497 e. The van der Waals surface area contributed by atoms with Crippen molar-refractivity contribution in [1.82, 2.24) is 20.5 Å². The van der Waals surface area contributed by atoms with Gasteiger partial charge in [0.25, 0.3) is 5.91 Å². The monoisotopic (exact) mass is 338 g/mol. The van der Waals surface area contributed by atoms with E-state index in [1.54, 1.807) is 7.11 Å². The standard InChI is InChI=1S/C19H22N4O2/c1-12-9-17(16-10-15(25-3)6-7-18(16)22-12)19(24)20-8-4-5-14-11-21-23-13(14)2/h6-7,9-11H,4-5,8H2,1-3H3,(H,20,24)(H,21,23). The maximum absolute atomic E-state index is 12.6. The molecule has 0 aliphatic carbocycles. The molecule has 1 aromatic carbocycles. The molecule has 0 spiro atoms. The molecule has 6 nitrogen and oxygen atoms in total. The first kappa shape index (κ1) is 17.0. The van der Waals surface area contributed by atoms with E-state index in [-0.39, 0.29) is 5.91 Å². The molecule has 25 heavy (non-hydrogen) atoms. The van der Waals surface area contributed by atoms with Gasteiger partial charge in [-0.2, -0.15) is 5.10 Å². The van der Waals surface area contributed by atoms with E-state index < -0.39 is 0 Å². The number of aromatic amines is 1. The predicted octanol–water partition coefficient (Wildman–Crippen LogP) is 2.95. The lowest BCUT2D eigenvalue weighted by atomic mass is 10.1. The number of pyridine rings is 1. The topological polar surface area (TPSA) is 79.9 Å². The molecule has 0 unspecified atom stereocenters. The fourth-order valence-electron chi connectivity index (χ4n) is 2.86. The Kier molecular flexibility index (Phi) is 4.97. The van der Waals surface area contributed by atoms with Crippen LogP contribution in [0.15, 0.2) is 30.5 Å². The van der Waals surface area contributed by atoms with Crippen molar-refractivity contribution in [2.45, 2.75) is 26.7 Å². The van der Waals surface area contributed by atoms with Crippen molar-refractivity contribution < 1.29 is 9.53 Å². The van der Waals surface area contributed by atoms with Crippen LogP contribution in [0.2, 0.25) is 0 Å². The van der Waals surface area contributed by atoms with Crippen LogP contribution < -0.4 is 10.1 Å². The molecule has 3 aromatic rings. The zero-order valence-corrected chi connectivity index (χ0v) is 14.7. The maximum Gasteiger partial charge on any atom is 0.252 e. The third-order valence-corrected chi connectivity index (χ3v) is 4.23. The number of fused-ring (bicyclic) bond motifs is 1. The summed E-state index contributed by atoms with van der Waals surface area (Å²) in [6.45, 7) is 4.50. The molecule has 3 rings (SSSR count). The number of rotatable bonds is 6. The molecule has 130 valence electrons.